The SMILES string of the molecule is CCc1ccc(N(CC)[C@@H](CC)C(=O)O)cc1. The zero-order valence-corrected chi connectivity index (χ0v) is 10.8. The second kappa shape index (κ2) is 6.28. The van der Waals surface area contributed by atoms with Crippen molar-refractivity contribution in [2.24, 2.45) is 0 Å². The molecule has 0 bridgehead atoms. The Labute approximate surface area is 103 Å². The van der Waals surface area contributed by atoms with E-state index in [0.717, 1.165) is 12.1 Å². The van der Waals surface area contributed by atoms with E-state index < -0.39 is 12.0 Å². The van der Waals surface area contributed by atoms with Crippen LogP contribution in [0.1, 0.15) is 32.8 Å². The van der Waals surface area contributed by atoms with Crippen LogP contribution in [0.4, 0.5) is 5.69 Å². The van der Waals surface area contributed by atoms with Gasteiger partial charge in [-0.05, 0) is 37.5 Å². The second-order valence-electron chi connectivity index (χ2n) is 4.07. The maximum atomic E-state index is 11.2. The fourth-order valence-electron chi connectivity index (χ4n) is 2.03. The standard InChI is InChI=1S/C14H21NO2/c1-4-11-7-9-12(10-8-11)15(6-3)13(5-2)14(16)17/h7-10,13H,4-6H2,1-3H3,(H,16,17)/t13-/m0/s1. The van der Waals surface area contributed by atoms with Gasteiger partial charge in [0.2, 0.25) is 0 Å². The average molecular weight is 235 g/mol. The Balaban J connectivity index is 2.95. The predicted octanol–water partition coefficient (Wildman–Crippen LogP) is 2.94. The quantitative estimate of drug-likeness (QED) is 0.824. The molecule has 0 radical (unpaired) electrons. The highest BCUT2D eigenvalue weighted by Crippen LogP contribution is 2.19. The fourth-order valence-corrected chi connectivity index (χ4v) is 2.03. The molecule has 0 aliphatic rings. The fraction of sp³-hybridized carbons (Fsp3) is 0.500. The predicted molar refractivity (Wildman–Crippen MR) is 70.6 cm³/mol. The molecule has 3 nitrogen and oxygen atoms in total. The van der Waals surface area contributed by atoms with E-state index in [4.69, 9.17) is 0 Å². The molecule has 1 aromatic rings. The van der Waals surface area contributed by atoms with Crippen LogP contribution < -0.4 is 4.90 Å². The minimum Gasteiger partial charge on any atom is -0.480 e. The van der Waals surface area contributed by atoms with E-state index in [-0.39, 0.29) is 0 Å². The van der Waals surface area contributed by atoms with Crippen molar-refractivity contribution < 1.29 is 9.90 Å². The van der Waals surface area contributed by atoms with Gasteiger partial charge in [-0.1, -0.05) is 26.0 Å². The van der Waals surface area contributed by atoms with Crippen LogP contribution in [-0.4, -0.2) is 23.7 Å². The summed E-state index contributed by atoms with van der Waals surface area (Å²) in [5, 5.41) is 9.20. The Morgan fingerprint density at radius 2 is 1.82 bits per heavy atom. The third kappa shape index (κ3) is 3.22. The van der Waals surface area contributed by atoms with Gasteiger partial charge in [0.1, 0.15) is 6.04 Å². The van der Waals surface area contributed by atoms with Crippen molar-refractivity contribution in [3.05, 3.63) is 29.8 Å². The van der Waals surface area contributed by atoms with E-state index in [2.05, 4.69) is 19.1 Å². The van der Waals surface area contributed by atoms with E-state index >= 15 is 0 Å². The normalized spacial score (nSPS) is 12.2. The molecule has 0 aliphatic heterocycles. The van der Waals surface area contributed by atoms with Crippen molar-refractivity contribution in [2.45, 2.75) is 39.7 Å². The molecule has 0 amide bonds. The molecule has 0 fully saturated rings. The van der Waals surface area contributed by atoms with Gasteiger partial charge >= 0.3 is 5.97 Å². The summed E-state index contributed by atoms with van der Waals surface area (Å²) in [6.45, 7) is 6.70. The zero-order valence-electron chi connectivity index (χ0n) is 10.8. The van der Waals surface area contributed by atoms with Gasteiger partial charge in [-0.3, -0.25) is 0 Å². The number of aryl methyl sites for hydroxylation is 1. The van der Waals surface area contributed by atoms with Crippen LogP contribution in [0.5, 0.6) is 0 Å². The van der Waals surface area contributed by atoms with Crippen molar-refractivity contribution in [2.75, 3.05) is 11.4 Å². The highest BCUT2D eigenvalue weighted by molar-refractivity contribution is 5.78. The Bertz CT molecular complexity index is 359. The molecule has 0 aliphatic carbocycles. The highest BCUT2D eigenvalue weighted by Gasteiger charge is 2.22. The molecule has 0 spiro atoms. The number of carboxylic acid groups (broad SMARTS) is 1. The number of likely N-dealkylation sites (N-methyl/N-ethyl adjacent to an activating group) is 1. The lowest BCUT2D eigenvalue weighted by Gasteiger charge is -2.29. The summed E-state index contributed by atoms with van der Waals surface area (Å²) in [4.78, 5) is 13.1. The summed E-state index contributed by atoms with van der Waals surface area (Å²) in [5.41, 5.74) is 2.26. The van der Waals surface area contributed by atoms with E-state index in [1.807, 2.05) is 30.9 Å². The molecule has 0 aromatic heterocycles. The minimum atomic E-state index is -0.756. The largest absolute Gasteiger partial charge is 0.480 e. The first-order chi connectivity index (χ1) is 8.13. The van der Waals surface area contributed by atoms with Gasteiger partial charge in [-0.2, -0.15) is 0 Å². The first-order valence-corrected chi connectivity index (χ1v) is 6.22. The third-order valence-electron chi connectivity index (χ3n) is 3.06. The van der Waals surface area contributed by atoms with Crippen LogP contribution in [0, 0.1) is 0 Å². The van der Waals surface area contributed by atoms with Gasteiger partial charge < -0.3 is 10.0 Å². The lowest BCUT2D eigenvalue weighted by molar-refractivity contribution is -0.138. The number of hydrogen-bond donors (Lipinski definition) is 1. The first-order valence-electron chi connectivity index (χ1n) is 6.22. The maximum Gasteiger partial charge on any atom is 0.326 e. The summed E-state index contributed by atoms with van der Waals surface area (Å²) < 4.78 is 0. The Morgan fingerprint density at radius 1 is 1.24 bits per heavy atom. The number of benzene rings is 1. The second-order valence-corrected chi connectivity index (χ2v) is 4.07. The number of rotatable bonds is 6. The smallest absolute Gasteiger partial charge is 0.326 e. The van der Waals surface area contributed by atoms with Crippen LogP contribution in [0.2, 0.25) is 0 Å². The highest BCUT2D eigenvalue weighted by atomic mass is 16.4. The van der Waals surface area contributed by atoms with Crippen molar-refractivity contribution in [3.63, 3.8) is 0 Å². The molecule has 17 heavy (non-hydrogen) atoms. The number of aliphatic carboxylic acids is 1. The molecule has 1 aromatic carbocycles. The van der Waals surface area contributed by atoms with E-state index in [1.54, 1.807) is 0 Å². The van der Waals surface area contributed by atoms with Crippen LogP contribution in [0.15, 0.2) is 24.3 Å². The number of anilines is 1. The van der Waals surface area contributed by atoms with Gasteiger partial charge in [0.15, 0.2) is 0 Å². The lowest BCUT2D eigenvalue weighted by atomic mass is 10.1. The van der Waals surface area contributed by atoms with Gasteiger partial charge in [-0.15, -0.1) is 0 Å². The van der Waals surface area contributed by atoms with Gasteiger partial charge in [-0.25, -0.2) is 4.79 Å². The third-order valence-corrected chi connectivity index (χ3v) is 3.06. The molecule has 0 unspecified atom stereocenters. The molecule has 0 saturated heterocycles. The summed E-state index contributed by atoms with van der Waals surface area (Å²) in [6, 6.07) is 7.70. The Hall–Kier alpha value is -1.51. The molecular weight excluding hydrogens is 214 g/mol. The van der Waals surface area contributed by atoms with Gasteiger partial charge in [0.25, 0.3) is 0 Å². The monoisotopic (exact) mass is 235 g/mol. The molecule has 1 N–H and O–H groups in total. The van der Waals surface area contributed by atoms with Crippen molar-refractivity contribution >= 4 is 11.7 Å². The molecule has 1 atom stereocenters. The molecule has 3 heteroatoms. The maximum absolute atomic E-state index is 11.2. The van der Waals surface area contributed by atoms with E-state index in [0.29, 0.717) is 13.0 Å². The van der Waals surface area contributed by atoms with Crippen molar-refractivity contribution in [1.29, 1.82) is 0 Å². The molecule has 1 rings (SSSR count). The summed E-state index contributed by atoms with van der Waals surface area (Å²) in [6.07, 6.45) is 1.61. The van der Waals surface area contributed by atoms with Crippen LogP contribution in [-0.2, 0) is 11.2 Å². The lowest BCUT2D eigenvalue weighted by Crippen LogP contribution is -2.40. The summed E-state index contributed by atoms with van der Waals surface area (Å²) in [5.74, 6) is -0.756. The zero-order chi connectivity index (χ0) is 12.8. The number of hydrogen-bond acceptors (Lipinski definition) is 2. The number of carbonyl (C=O) groups is 1. The van der Waals surface area contributed by atoms with E-state index in [1.165, 1.54) is 5.56 Å². The average Bonchev–Trinajstić information content (AvgIpc) is 2.35. The van der Waals surface area contributed by atoms with Crippen molar-refractivity contribution in [3.8, 4) is 0 Å². The number of carboxylic acids is 1. The van der Waals surface area contributed by atoms with E-state index in [9.17, 15) is 9.90 Å². The topological polar surface area (TPSA) is 40.5 Å². The molecular formula is C14H21NO2. The van der Waals surface area contributed by atoms with Gasteiger partial charge in [0.05, 0.1) is 0 Å². The number of nitrogens with zero attached hydrogens (tertiary/aromatic N) is 1. The molecule has 0 heterocycles. The van der Waals surface area contributed by atoms with Crippen LogP contribution in [0.3, 0.4) is 0 Å². The summed E-state index contributed by atoms with van der Waals surface area (Å²) in [7, 11) is 0. The minimum absolute atomic E-state index is 0.438. The van der Waals surface area contributed by atoms with Gasteiger partial charge in [0, 0.05) is 12.2 Å². The molecule has 0 saturated carbocycles. The Kier molecular flexibility index (Phi) is 5.01. The van der Waals surface area contributed by atoms with Crippen molar-refractivity contribution in [1.82, 2.24) is 0 Å². The molecule has 94 valence electrons. The summed E-state index contributed by atoms with van der Waals surface area (Å²) >= 11 is 0. The first kappa shape index (κ1) is 13.6. The Morgan fingerprint density at radius 3 is 2.18 bits per heavy atom. The van der Waals surface area contributed by atoms with Crippen LogP contribution >= 0.6 is 0 Å². The van der Waals surface area contributed by atoms with Crippen LogP contribution in [0.25, 0.3) is 0 Å².